The zero-order chi connectivity index (χ0) is 42.3. The maximum Gasteiger partial charge on any atom is 0.164 e. The Morgan fingerprint density at radius 3 is 1.92 bits per heavy atom. The van der Waals surface area contributed by atoms with Crippen LogP contribution >= 0.6 is 11.3 Å². The van der Waals surface area contributed by atoms with Gasteiger partial charge in [-0.15, -0.1) is 11.3 Å². The molecule has 4 heterocycles. The van der Waals surface area contributed by atoms with Gasteiger partial charge in [0.1, 0.15) is 11.2 Å². The molecule has 13 rings (SSSR count). The van der Waals surface area contributed by atoms with Crippen LogP contribution in [0.25, 0.3) is 110 Å². The van der Waals surface area contributed by atoms with Crippen LogP contribution in [0.4, 0.5) is 0 Å². The van der Waals surface area contributed by atoms with Crippen molar-refractivity contribution in [2.45, 2.75) is 6.42 Å². The van der Waals surface area contributed by atoms with Gasteiger partial charge in [-0.05, 0) is 94.6 Å². The second-order valence-electron chi connectivity index (χ2n) is 16.5. The van der Waals surface area contributed by atoms with Crippen molar-refractivity contribution in [1.29, 1.82) is 0 Å². The zero-order valence-electron chi connectivity index (χ0n) is 34.5. The number of thiophene rings is 1. The van der Waals surface area contributed by atoms with Gasteiger partial charge in [0.2, 0.25) is 0 Å². The molecule has 0 radical (unpaired) electrons. The Bertz CT molecular complexity index is 3890. The second-order valence-corrected chi connectivity index (χ2v) is 17.6. The molecule has 0 bridgehead atoms. The van der Waals surface area contributed by atoms with E-state index < -0.39 is 0 Å². The number of hydrogen-bond donors (Lipinski definition) is 0. The quantitative estimate of drug-likeness (QED) is 0.167. The molecule has 0 spiro atoms. The van der Waals surface area contributed by atoms with E-state index in [0.717, 1.165) is 89.6 Å². The summed E-state index contributed by atoms with van der Waals surface area (Å²) in [5.74, 6) is 1.90. The van der Waals surface area contributed by atoms with E-state index in [9.17, 15) is 0 Å². The van der Waals surface area contributed by atoms with Gasteiger partial charge in [0.15, 0.2) is 17.5 Å². The molecule has 1 aliphatic rings. The zero-order valence-corrected chi connectivity index (χ0v) is 35.3. The summed E-state index contributed by atoms with van der Waals surface area (Å²) in [7, 11) is 0. The average molecular weight is 837 g/mol. The number of benzene rings is 8. The summed E-state index contributed by atoms with van der Waals surface area (Å²) < 4.78 is 9.80. The lowest BCUT2D eigenvalue weighted by Crippen LogP contribution is -2.07. The summed E-state index contributed by atoms with van der Waals surface area (Å²) in [6.07, 6.45) is 2.96. The highest BCUT2D eigenvalue weighted by atomic mass is 32.1. The summed E-state index contributed by atoms with van der Waals surface area (Å²) in [5, 5.41) is 5.84. The fourth-order valence-corrected chi connectivity index (χ4v) is 10.8. The van der Waals surface area contributed by atoms with Crippen LogP contribution in [0.3, 0.4) is 0 Å². The standard InChI is InChI=1S/C58H36N4OS/c1-35-29-48(58-60-56(37-15-6-3-7-16-37)59-57(61-58)41-18-12-17-38(31-41)36-13-4-2-5-14-36)55-47-33-40(24-28-53(47)64-54(55)30-35)39-23-26-50-45(32-39)43-19-8-10-21-49(43)62(50)42-25-27-52-46(34-42)44-20-9-11-22-51(44)63-52/h2-29,31-34H,1,30H2. The van der Waals surface area contributed by atoms with E-state index in [2.05, 4.69) is 169 Å². The van der Waals surface area contributed by atoms with Gasteiger partial charge < -0.3 is 8.98 Å². The van der Waals surface area contributed by atoms with Crippen molar-refractivity contribution >= 4 is 70.7 Å². The van der Waals surface area contributed by atoms with E-state index in [1.807, 2.05) is 47.7 Å². The van der Waals surface area contributed by atoms with Gasteiger partial charge in [-0.25, -0.2) is 15.0 Å². The average Bonchev–Trinajstić information content (AvgIpc) is 4.03. The normalized spacial score (nSPS) is 12.8. The van der Waals surface area contributed by atoms with Crippen LogP contribution in [0.5, 0.6) is 0 Å². The topological polar surface area (TPSA) is 56.7 Å². The Balaban J connectivity index is 0.946. The minimum atomic E-state index is 0.631. The minimum absolute atomic E-state index is 0.631. The lowest BCUT2D eigenvalue weighted by Gasteiger charge is -2.17. The van der Waals surface area contributed by atoms with Gasteiger partial charge >= 0.3 is 0 Å². The molecule has 0 saturated carbocycles. The summed E-state index contributed by atoms with van der Waals surface area (Å²) in [6, 6.07) is 66.3. The first-order valence-electron chi connectivity index (χ1n) is 21.5. The SMILES string of the molecule is C=C1C=C(c2nc(-c3ccccc3)nc(-c3cccc(-c4ccccc4)c3)n2)c2c(sc3ccc(-c4ccc5c(c4)c4ccccc4n5-c4ccc5oc6ccccc6c5c4)cc23)C1. The predicted octanol–water partition coefficient (Wildman–Crippen LogP) is 15.3. The molecule has 64 heavy (non-hydrogen) atoms. The van der Waals surface area contributed by atoms with Gasteiger partial charge in [0.05, 0.1) is 11.0 Å². The Morgan fingerprint density at radius 1 is 0.453 bits per heavy atom. The highest BCUT2D eigenvalue weighted by Gasteiger charge is 2.26. The number of para-hydroxylation sites is 2. The molecule has 0 unspecified atom stereocenters. The smallest absolute Gasteiger partial charge is 0.164 e. The molecule has 4 aromatic heterocycles. The molecule has 0 fully saturated rings. The molecule has 0 N–H and O–H groups in total. The minimum Gasteiger partial charge on any atom is -0.456 e. The van der Waals surface area contributed by atoms with Crippen LogP contribution in [0, 0.1) is 0 Å². The van der Waals surface area contributed by atoms with Gasteiger partial charge in [0.25, 0.3) is 0 Å². The number of allylic oxidation sites excluding steroid dienone is 2. The largest absolute Gasteiger partial charge is 0.456 e. The summed E-state index contributed by atoms with van der Waals surface area (Å²) in [4.78, 5) is 16.9. The molecule has 0 saturated heterocycles. The first-order valence-corrected chi connectivity index (χ1v) is 22.3. The van der Waals surface area contributed by atoms with Crippen molar-refractivity contribution in [3.8, 4) is 50.7 Å². The molecule has 1 aliphatic carbocycles. The van der Waals surface area contributed by atoms with Crippen molar-refractivity contribution in [3.05, 3.63) is 223 Å². The monoisotopic (exact) mass is 836 g/mol. The van der Waals surface area contributed by atoms with Crippen LogP contribution in [-0.2, 0) is 6.42 Å². The van der Waals surface area contributed by atoms with Gasteiger partial charge in [-0.2, -0.15) is 0 Å². The number of fused-ring (bicyclic) bond motifs is 9. The van der Waals surface area contributed by atoms with Crippen LogP contribution in [0.1, 0.15) is 16.3 Å². The fourth-order valence-electron chi connectivity index (χ4n) is 9.55. The van der Waals surface area contributed by atoms with Crippen molar-refractivity contribution in [2.24, 2.45) is 0 Å². The highest BCUT2D eigenvalue weighted by molar-refractivity contribution is 7.19. The molecule has 6 heteroatoms. The third kappa shape index (κ3) is 5.95. The number of nitrogens with zero attached hydrogens (tertiary/aromatic N) is 4. The van der Waals surface area contributed by atoms with Crippen LogP contribution in [0.15, 0.2) is 211 Å². The van der Waals surface area contributed by atoms with Crippen molar-refractivity contribution in [3.63, 3.8) is 0 Å². The maximum absolute atomic E-state index is 6.20. The van der Waals surface area contributed by atoms with Gasteiger partial charge in [-0.1, -0.05) is 134 Å². The van der Waals surface area contributed by atoms with Crippen molar-refractivity contribution < 1.29 is 4.42 Å². The van der Waals surface area contributed by atoms with E-state index >= 15 is 0 Å². The molecule has 0 atom stereocenters. The molecule has 300 valence electrons. The summed E-state index contributed by atoms with van der Waals surface area (Å²) >= 11 is 1.83. The maximum atomic E-state index is 6.20. The number of furan rings is 1. The van der Waals surface area contributed by atoms with Crippen LogP contribution < -0.4 is 0 Å². The summed E-state index contributed by atoms with van der Waals surface area (Å²) in [6.45, 7) is 4.49. The molecule has 8 aromatic carbocycles. The van der Waals surface area contributed by atoms with E-state index in [4.69, 9.17) is 19.4 Å². The van der Waals surface area contributed by atoms with E-state index in [0.29, 0.717) is 17.5 Å². The first-order chi connectivity index (χ1) is 31.6. The molecule has 12 aromatic rings. The van der Waals surface area contributed by atoms with Crippen molar-refractivity contribution in [1.82, 2.24) is 19.5 Å². The fraction of sp³-hybridized carbons (Fsp3) is 0.0172. The van der Waals surface area contributed by atoms with E-state index in [-0.39, 0.29) is 0 Å². The molecule has 0 amide bonds. The lowest BCUT2D eigenvalue weighted by atomic mass is 9.90. The highest BCUT2D eigenvalue weighted by Crippen LogP contribution is 2.45. The number of rotatable bonds is 6. The van der Waals surface area contributed by atoms with Gasteiger partial charge in [0, 0.05) is 70.9 Å². The Kier molecular flexibility index (Phi) is 8.23. The molecular formula is C58H36N4OS. The lowest BCUT2D eigenvalue weighted by molar-refractivity contribution is 0.669. The number of aromatic nitrogens is 4. The van der Waals surface area contributed by atoms with Crippen LogP contribution in [0.2, 0.25) is 0 Å². The Morgan fingerprint density at radius 2 is 1.08 bits per heavy atom. The van der Waals surface area contributed by atoms with E-state index in [1.165, 1.54) is 31.3 Å². The van der Waals surface area contributed by atoms with Crippen molar-refractivity contribution in [2.75, 3.05) is 0 Å². The third-order valence-corrected chi connectivity index (χ3v) is 13.7. The number of hydrogen-bond acceptors (Lipinski definition) is 5. The van der Waals surface area contributed by atoms with E-state index in [1.54, 1.807) is 0 Å². The third-order valence-electron chi connectivity index (χ3n) is 12.5. The van der Waals surface area contributed by atoms with Crippen LogP contribution in [-0.4, -0.2) is 19.5 Å². The predicted molar refractivity (Wildman–Crippen MR) is 265 cm³/mol. The van der Waals surface area contributed by atoms with Gasteiger partial charge in [-0.3, -0.25) is 0 Å². The molecule has 5 nitrogen and oxygen atoms in total. The molecular weight excluding hydrogens is 801 g/mol. The summed E-state index contributed by atoms with van der Waals surface area (Å²) in [5.41, 5.74) is 14.8. The Labute approximate surface area is 372 Å². The first kappa shape index (κ1) is 36.5. The second kappa shape index (κ2) is 14.4. The Hall–Kier alpha value is -8.19. The molecule has 0 aliphatic heterocycles.